The molecule has 2 N–H and O–H groups in total. The maximum atomic E-state index is 12.9. The zero-order chi connectivity index (χ0) is 24.1. The van der Waals surface area contributed by atoms with Crippen molar-refractivity contribution >= 4 is 27.3 Å². The van der Waals surface area contributed by atoms with Crippen molar-refractivity contribution in [3.8, 4) is 11.5 Å². The molecule has 0 unspecified atom stereocenters. The van der Waals surface area contributed by atoms with Crippen LogP contribution in [0, 0.1) is 6.92 Å². The number of sulfonamides is 1. The maximum Gasteiger partial charge on any atom is 0.261 e. The van der Waals surface area contributed by atoms with Gasteiger partial charge in [0.05, 0.1) is 23.8 Å². The zero-order valence-electron chi connectivity index (χ0n) is 19.2. The molecule has 0 spiro atoms. The van der Waals surface area contributed by atoms with E-state index in [2.05, 4.69) is 10.0 Å². The number of anilines is 2. The van der Waals surface area contributed by atoms with Gasteiger partial charge >= 0.3 is 0 Å². The van der Waals surface area contributed by atoms with Crippen molar-refractivity contribution in [2.24, 2.45) is 0 Å². The summed E-state index contributed by atoms with van der Waals surface area (Å²) in [6, 6.07) is 18.3. The Morgan fingerprint density at radius 2 is 1.68 bits per heavy atom. The van der Waals surface area contributed by atoms with Gasteiger partial charge in [-0.25, -0.2) is 8.42 Å². The molecule has 1 amide bonds. The smallest absolute Gasteiger partial charge is 0.261 e. The van der Waals surface area contributed by atoms with Gasteiger partial charge in [-0.3, -0.25) is 9.52 Å². The van der Waals surface area contributed by atoms with Crippen molar-refractivity contribution in [1.29, 1.82) is 0 Å². The number of ether oxygens (including phenoxy) is 2. The minimum absolute atomic E-state index is 0.163. The van der Waals surface area contributed by atoms with E-state index in [0.717, 1.165) is 31.2 Å². The van der Waals surface area contributed by atoms with Crippen LogP contribution in [0.15, 0.2) is 71.6 Å². The lowest BCUT2D eigenvalue weighted by Crippen LogP contribution is -2.15. The van der Waals surface area contributed by atoms with Gasteiger partial charge in [-0.05, 0) is 80.6 Å². The molecule has 8 heteroatoms. The van der Waals surface area contributed by atoms with Crippen LogP contribution in [-0.2, 0) is 10.0 Å². The van der Waals surface area contributed by atoms with Gasteiger partial charge in [-0.15, -0.1) is 0 Å². The monoisotopic (exact) mass is 480 g/mol. The maximum absolute atomic E-state index is 12.9. The first kappa shape index (κ1) is 23.6. The van der Waals surface area contributed by atoms with Crippen LogP contribution in [0.1, 0.15) is 41.6 Å². The number of hydrogen-bond donors (Lipinski definition) is 2. The molecule has 3 aromatic carbocycles. The molecule has 0 aliphatic heterocycles. The quantitative estimate of drug-likeness (QED) is 0.452. The van der Waals surface area contributed by atoms with Crippen LogP contribution in [0.2, 0.25) is 0 Å². The van der Waals surface area contributed by atoms with Gasteiger partial charge in [-0.1, -0.05) is 24.3 Å². The Morgan fingerprint density at radius 1 is 0.941 bits per heavy atom. The molecule has 0 heterocycles. The van der Waals surface area contributed by atoms with E-state index in [9.17, 15) is 13.2 Å². The Hall–Kier alpha value is -3.52. The first-order valence-electron chi connectivity index (χ1n) is 11.2. The van der Waals surface area contributed by atoms with Crippen LogP contribution in [-0.4, -0.2) is 27.5 Å². The van der Waals surface area contributed by atoms with Gasteiger partial charge in [0.25, 0.3) is 15.9 Å². The van der Waals surface area contributed by atoms with Crippen molar-refractivity contribution in [3.63, 3.8) is 0 Å². The SMILES string of the molecule is COc1cc(C(=O)Nc2ccc(C)c(NS(=O)(=O)c3ccccc3)c2)ccc1OC1CCCC1. The highest BCUT2D eigenvalue weighted by atomic mass is 32.2. The molecule has 0 radical (unpaired) electrons. The molecule has 3 aromatic rings. The first-order valence-corrected chi connectivity index (χ1v) is 12.7. The number of hydrogen-bond acceptors (Lipinski definition) is 5. The van der Waals surface area contributed by atoms with Crippen molar-refractivity contribution in [2.45, 2.75) is 43.6 Å². The highest BCUT2D eigenvalue weighted by Crippen LogP contribution is 2.33. The lowest BCUT2D eigenvalue weighted by Gasteiger charge is -2.17. The minimum atomic E-state index is -3.75. The van der Waals surface area contributed by atoms with E-state index in [4.69, 9.17) is 9.47 Å². The highest BCUT2D eigenvalue weighted by Gasteiger charge is 2.20. The first-order chi connectivity index (χ1) is 16.4. The van der Waals surface area contributed by atoms with Crippen molar-refractivity contribution in [2.75, 3.05) is 17.1 Å². The van der Waals surface area contributed by atoms with Gasteiger partial charge in [0.1, 0.15) is 0 Å². The van der Waals surface area contributed by atoms with E-state index in [1.807, 2.05) is 0 Å². The van der Waals surface area contributed by atoms with Crippen molar-refractivity contribution < 1.29 is 22.7 Å². The van der Waals surface area contributed by atoms with E-state index in [0.29, 0.717) is 28.4 Å². The van der Waals surface area contributed by atoms with E-state index in [-0.39, 0.29) is 16.9 Å². The van der Waals surface area contributed by atoms with Gasteiger partial charge in [-0.2, -0.15) is 0 Å². The van der Waals surface area contributed by atoms with E-state index in [1.165, 1.54) is 12.1 Å². The lowest BCUT2D eigenvalue weighted by atomic mass is 10.1. The molecule has 1 saturated carbocycles. The molecule has 1 aliphatic carbocycles. The van der Waals surface area contributed by atoms with E-state index < -0.39 is 10.0 Å². The second-order valence-electron chi connectivity index (χ2n) is 8.29. The Kier molecular flexibility index (Phi) is 7.07. The highest BCUT2D eigenvalue weighted by molar-refractivity contribution is 7.92. The number of nitrogens with one attached hydrogen (secondary N) is 2. The second kappa shape index (κ2) is 10.2. The van der Waals surface area contributed by atoms with E-state index in [1.54, 1.807) is 68.6 Å². The third-order valence-electron chi connectivity index (χ3n) is 5.81. The van der Waals surface area contributed by atoms with Crippen LogP contribution in [0.5, 0.6) is 11.5 Å². The summed E-state index contributed by atoms with van der Waals surface area (Å²) in [5, 5.41) is 2.83. The molecule has 7 nitrogen and oxygen atoms in total. The van der Waals surface area contributed by atoms with Crippen LogP contribution in [0.4, 0.5) is 11.4 Å². The summed E-state index contributed by atoms with van der Waals surface area (Å²) in [6.45, 7) is 1.79. The fourth-order valence-corrected chi connectivity index (χ4v) is 5.05. The van der Waals surface area contributed by atoms with Crippen LogP contribution in [0.3, 0.4) is 0 Å². The summed E-state index contributed by atoms with van der Waals surface area (Å²) < 4.78 is 39.5. The standard InChI is InChI=1S/C26H28N2O5S/c1-18-12-14-20(17-23(18)28-34(30,31)22-10-4-3-5-11-22)27-26(29)19-13-15-24(25(16-19)32-2)33-21-8-6-7-9-21/h3-5,10-17,21,28H,6-9H2,1-2H3,(H,27,29). The Labute approximate surface area is 200 Å². The summed E-state index contributed by atoms with van der Waals surface area (Å²) >= 11 is 0. The average Bonchev–Trinajstić information content (AvgIpc) is 3.35. The van der Waals surface area contributed by atoms with Crippen LogP contribution in [0.25, 0.3) is 0 Å². The van der Waals surface area contributed by atoms with Crippen molar-refractivity contribution in [1.82, 2.24) is 0 Å². The third-order valence-corrected chi connectivity index (χ3v) is 7.20. The van der Waals surface area contributed by atoms with Crippen LogP contribution < -0.4 is 19.5 Å². The van der Waals surface area contributed by atoms with Gasteiger partial charge < -0.3 is 14.8 Å². The largest absolute Gasteiger partial charge is 0.493 e. The number of methoxy groups -OCH3 is 1. The number of rotatable bonds is 8. The Bertz CT molecular complexity index is 1270. The Balaban J connectivity index is 1.50. The summed E-state index contributed by atoms with van der Waals surface area (Å²) in [4.78, 5) is 13.1. The molecule has 0 saturated heterocycles. The number of carbonyl (C=O) groups is 1. The molecule has 178 valence electrons. The molecule has 1 aliphatic rings. The number of benzene rings is 3. The lowest BCUT2D eigenvalue weighted by molar-refractivity contribution is 0.102. The molecule has 0 bridgehead atoms. The molecule has 1 fully saturated rings. The summed E-state index contributed by atoms with van der Waals surface area (Å²) in [5.74, 6) is 0.782. The molecule has 0 atom stereocenters. The minimum Gasteiger partial charge on any atom is -0.493 e. The predicted molar refractivity (Wildman–Crippen MR) is 132 cm³/mol. The van der Waals surface area contributed by atoms with Crippen molar-refractivity contribution in [3.05, 3.63) is 77.9 Å². The second-order valence-corrected chi connectivity index (χ2v) is 9.97. The topological polar surface area (TPSA) is 93.7 Å². The number of aryl methyl sites for hydroxylation is 1. The zero-order valence-corrected chi connectivity index (χ0v) is 20.0. The average molecular weight is 481 g/mol. The molecule has 0 aromatic heterocycles. The fourth-order valence-electron chi connectivity index (χ4n) is 3.91. The molecular formula is C26H28N2O5S. The van der Waals surface area contributed by atoms with Gasteiger partial charge in [0.2, 0.25) is 0 Å². The summed E-state index contributed by atoms with van der Waals surface area (Å²) in [7, 11) is -2.20. The third kappa shape index (κ3) is 5.51. The molecule has 34 heavy (non-hydrogen) atoms. The number of carbonyl (C=O) groups excluding carboxylic acids is 1. The number of amides is 1. The predicted octanol–water partition coefficient (Wildman–Crippen LogP) is 5.38. The fraction of sp³-hybridized carbons (Fsp3) is 0.269. The van der Waals surface area contributed by atoms with Gasteiger partial charge in [0, 0.05) is 11.3 Å². The Morgan fingerprint density at radius 3 is 2.38 bits per heavy atom. The molecule has 4 rings (SSSR count). The van der Waals surface area contributed by atoms with E-state index >= 15 is 0 Å². The molecular weight excluding hydrogens is 452 g/mol. The van der Waals surface area contributed by atoms with Crippen LogP contribution >= 0.6 is 0 Å². The summed E-state index contributed by atoms with van der Waals surface area (Å²) in [6.07, 6.45) is 4.55. The normalized spacial score (nSPS) is 13.9. The van der Waals surface area contributed by atoms with Gasteiger partial charge in [0.15, 0.2) is 11.5 Å². The summed E-state index contributed by atoms with van der Waals surface area (Å²) in [5.41, 5.74) is 1.99.